The predicted octanol–water partition coefficient (Wildman–Crippen LogP) is 1.88. The largest absolute Gasteiger partial charge is 0.481 e. The van der Waals surface area contributed by atoms with Crippen LogP contribution in [0.4, 0.5) is 0 Å². The summed E-state index contributed by atoms with van der Waals surface area (Å²) in [4.78, 5) is 11.2. The molecule has 0 aliphatic carbocycles. The van der Waals surface area contributed by atoms with Gasteiger partial charge in [0.05, 0.1) is 7.11 Å². The molecule has 3 heteroatoms. The summed E-state index contributed by atoms with van der Waals surface area (Å²) >= 11 is 0. The molecule has 0 aromatic rings. The number of hydrogen-bond donors (Lipinski definition) is 0. The summed E-state index contributed by atoms with van der Waals surface area (Å²) in [7, 11) is 1.36. The maximum Gasteiger partial charge on any atom is 0.373 e. The van der Waals surface area contributed by atoms with E-state index < -0.39 is 0 Å². The predicted molar refractivity (Wildman–Crippen MR) is 49.0 cm³/mol. The molecule has 0 saturated carbocycles. The van der Waals surface area contributed by atoms with Crippen molar-refractivity contribution in [1.82, 2.24) is 0 Å². The van der Waals surface area contributed by atoms with Gasteiger partial charge in [0.1, 0.15) is 5.60 Å². The van der Waals surface area contributed by atoms with Crippen molar-refractivity contribution in [2.75, 3.05) is 7.11 Å². The zero-order chi connectivity index (χ0) is 10.1. The molecule has 1 rings (SSSR count). The molecule has 0 saturated heterocycles. The van der Waals surface area contributed by atoms with Crippen LogP contribution in [-0.4, -0.2) is 18.7 Å². The van der Waals surface area contributed by atoms with Gasteiger partial charge in [-0.1, -0.05) is 6.92 Å². The van der Waals surface area contributed by atoms with E-state index in [4.69, 9.17) is 4.74 Å². The Morgan fingerprint density at radius 2 is 2.31 bits per heavy atom. The summed E-state index contributed by atoms with van der Waals surface area (Å²) in [5, 5.41) is 0. The van der Waals surface area contributed by atoms with Crippen LogP contribution in [0.5, 0.6) is 0 Å². The molecule has 0 aromatic carbocycles. The number of carbonyl (C=O) groups excluding carboxylic acids is 1. The van der Waals surface area contributed by atoms with Gasteiger partial charge in [-0.2, -0.15) is 0 Å². The number of esters is 1. The molecule has 0 spiro atoms. The van der Waals surface area contributed by atoms with E-state index in [1.165, 1.54) is 7.11 Å². The van der Waals surface area contributed by atoms with Gasteiger partial charge in [0, 0.05) is 0 Å². The van der Waals surface area contributed by atoms with Crippen molar-refractivity contribution >= 4 is 5.97 Å². The second-order valence-electron chi connectivity index (χ2n) is 4.07. The smallest absolute Gasteiger partial charge is 0.373 e. The van der Waals surface area contributed by atoms with Crippen molar-refractivity contribution in [1.29, 1.82) is 0 Å². The van der Waals surface area contributed by atoms with Crippen molar-refractivity contribution in [3.63, 3.8) is 0 Å². The second kappa shape index (κ2) is 3.40. The Kier molecular flexibility index (Phi) is 2.64. The minimum Gasteiger partial charge on any atom is -0.481 e. The number of hydrogen-bond acceptors (Lipinski definition) is 3. The Balaban J connectivity index is 2.81. The first-order chi connectivity index (χ1) is 5.94. The summed E-state index contributed by atoms with van der Waals surface area (Å²) < 4.78 is 10.1. The van der Waals surface area contributed by atoms with E-state index in [9.17, 15) is 4.79 Å². The minimum atomic E-state index is -0.389. The maximum atomic E-state index is 11.2. The van der Waals surface area contributed by atoms with E-state index >= 15 is 0 Å². The van der Waals surface area contributed by atoms with Crippen LogP contribution in [-0.2, 0) is 14.3 Å². The molecule has 0 bridgehead atoms. The highest BCUT2D eigenvalue weighted by Gasteiger charge is 2.31. The van der Waals surface area contributed by atoms with Gasteiger partial charge >= 0.3 is 5.97 Å². The molecule has 1 aliphatic heterocycles. The molecule has 3 nitrogen and oxygen atoms in total. The Morgan fingerprint density at radius 1 is 1.69 bits per heavy atom. The molecule has 1 heterocycles. The average Bonchev–Trinajstić information content (AvgIpc) is 1.99. The van der Waals surface area contributed by atoms with Crippen LogP contribution in [0.1, 0.15) is 27.2 Å². The molecule has 0 radical (unpaired) electrons. The van der Waals surface area contributed by atoms with Crippen molar-refractivity contribution < 1.29 is 14.3 Å². The van der Waals surface area contributed by atoms with Gasteiger partial charge in [0.15, 0.2) is 0 Å². The topological polar surface area (TPSA) is 35.5 Å². The molecule has 0 aromatic heterocycles. The minimum absolute atomic E-state index is 0.266. The van der Waals surface area contributed by atoms with Crippen molar-refractivity contribution in [3.05, 3.63) is 11.8 Å². The zero-order valence-corrected chi connectivity index (χ0v) is 8.59. The molecule has 13 heavy (non-hydrogen) atoms. The van der Waals surface area contributed by atoms with E-state index in [0.29, 0.717) is 11.7 Å². The lowest BCUT2D eigenvalue weighted by Crippen LogP contribution is -2.32. The third kappa shape index (κ3) is 2.47. The number of ether oxygens (including phenoxy) is 2. The molecule has 74 valence electrons. The molecule has 1 aliphatic rings. The third-order valence-corrected chi connectivity index (χ3v) is 2.02. The average molecular weight is 184 g/mol. The van der Waals surface area contributed by atoms with Crippen molar-refractivity contribution in [3.8, 4) is 0 Å². The highest BCUT2D eigenvalue weighted by atomic mass is 16.6. The van der Waals surface area contributed by atoms with Crippen LogP contribution in [0.3, 0.4) is 0 Å². The van der Waals surface area contributed by atoms with Gasteiger partial charge in [-0.05, 0) is 32.3 Å². The lowest BCUT2D eigenvalue weighted by Gasteiger charge is -2.33. The van der Waals surface area contributed by atoms with E-state index in [1.807, 2.05) is 19.9 Å². The molecular weight excluding hydrogens is 168 g/mol. The second-order valence-corrected chi connectivity index (χ2v) is 4.07. The van der Waals surface area contributed by atoms with E-state index in [1.54, 1.807) is 0 Å². The Labute approximate surface area is 78.7 Å². The number of rotatable bonds is 1. The third-order valence-electron chi connectivity index (χ3n) is 2.02. The summed E-state index contributed by atoms with van der Waals surface area (Å²) in [6.07, 6.45) is 2.74. The zero-order valence-electron chi connectivity index (χ0n) is 8.59. The summed E-state index contributed by atoms with van der Waals surface area (Å²) in [6, 6.07) is 0. The Hall–Kier alpha value is -0.990. The molecule has 0 fully saturated rings. The molecule has 1 atom stereocenters. The van der Waals surface area contributed by atoms with Gasteiger partial charge in [0.25, 0.3) is 0 Å². The fraction of sp³-hybridized carbons (Fsp3) is 0.700. The highest BCUT2D eigenvalue weighted by Crippen LogP contribution is 2.30. The van der Waals surface area contributed by atoms with Crippen LogP contribution in [0.15, 0.2) is 11.8 Å². The number of carbonyl (C=O) groups is 1. The Morgan fingerprint density at radius 3 is 2.77 bits per heavy atom. The Bertz CT molecular complexity index is 241. The first-order valence-electron chi connectivity index (χ1n) is 4.44. The molecule has 0 N–H and O–H groups in total. The quantitative estimate of drug-likeness (QED) is 0.584. The first kappa shape index (κ1) is 10.1. The lowest BCUT2D eigenvalue weighted by molar-refractivity contribution is -0.144. The van der Waals surface area contributed by atoms with Crippen LogP contribution in [0.25, 0.3) is 0 Å². The molecular formula is C10H16O3. The fourth-order valence-corrected chi connectivity index (χ4v) is 1.68. The van der Waals surface area contributed by atoms with Gasteiger partial charge < -0.3 is 9.47 Å². The maximum absolute atomic E-state index is 11.2. The van der Waals surface area contributed by atoms with Gasteiger partial charge in [0.2, 0.25) is 5.76 Å². The van der Waals surface area contributed by atoms with Gasteiger partial charge in [-0.3, -0.25) is 0 Å². The lowest BCUT2D eigenvalue weighted by atomic mass is 9.91. The van der Waals surface area contributed by atoms with Crippen molar-refractivity contribution in [2.24, 2.45) is 5.92 Å². The van der Waals surface area contributed by atoms with Gasteiger partial charge in [-0.15, -0.1) is 0 Å². The van der Waals surface area contributed by atoms with Gasteiger partial charge in [-0.25, -0.2) is 4.79 Å². The van der Waals surface area contributed by atoms with E-state index in [2.05, 4.69) is 11.7 Å². The van der Waals surface area contributed by atoms with Crippen LogP contribution in [0.2, 0.25) is 0 Å². The number of methoxy groups -OCH3 is 1. The molecule has 1 unspecified atom stereocenters. The van der Waals surface area contributed by atoms with Crippen LogP contribution in [0, 0.1) is 5.92 Å². The summed E-state index contributed by atoms with van der Waals surface area (Å²) in [6.45, 7) is 6.01. The standard InChI is InChI=1S/C10H16O3/c1-7-5-8(9(11)12-4)13-10(2,3)6-7/h5,7H,6H2,1-4H3. The first-order valence-corrected chi connectivity index (χ1v) is 4.44. The van der Waals surface area contributed by atoms with Crippen LogP contribution >= 0.6 is 0 Å². The fourth-order valence-electron chi connectivity index (χ4n) is 1.68. The summed E-state index contributed by atoms with van der Waals surface area (Å²) in [5.41, 5.74) is -0.266. The van der Waals surface area contributed by atoms with E-state index in [-0.39, 0.29) is 11.6 Å². The number of allylic oxidation sites excluding steroid dienone is 1. The van der Waals surface area contributed by atoms with Crippen LogP contribution < -0.4 is 0 Å². The highest BCUT2D eigenvalue weighted by molar-refractivity contribution is 5.86. The normalized spacial score (nSPS) is 25.8. The summed E-state index contributed by atoms with van der Waals surface area (Å²) in [5.74, 6) is 0.309. The monoisotopic (exact) mass is 184 g/mol. The molecule has 0 amide bonds. The van der Waals surface area contributed by atoms with E-state index in [0.717, 1.165) is 6.42 Å². The SMILES string of the molecule is COC(=O)C1=CC(C)CC(C)(C)O1. The van der Waals surface area contributed by atoms with Crippen molar-refractivity contribution in [2.45, 2.75) is 32.8 Å².